The molecule has 0 amide bonds. The van der Waals surface area contributed by atoms with E-state index in [1.165, 1.54) is 30.3 Å². The zero-order chi connectivity index (χ0) is 19.8. The molecule has 0 heterocycles. The number of phenols is 1. The van der Waals surface area contributed by atoms with Gasteiger partial charge in [-0.2, -0.15) is 13.5 Å². The maximum absolute atomic E-state index is 11.5. The summed E-state index contributed by atoms with van der Waals surface area (Å²) in [6.45, 7) is 1.59. The van der Waals surface area contributed by atoms with Gasteiger partial charge in [0.15, 0.2) is 0 Å². The molecule has 138 valence electrons. The SMILES string of the molecule is Cc1ccc(N=Nc2c(O)cc(S(=O)(=O)O)c3ccccc23)cc1[N+](=O)[O-]. The Balaban J connectivity index is 2.16. The van der Waals surface area contributed by atoms with Crippen molar-refractivity contribution in [3.8, 4) is 5.75 Å². The Labute approximate surface area is 153 Å². The molecule has 0 fully saturated rings. The van der Waals surface area contributed by atoms with Gasteiger partial charge in [0, 0.05) is 28.5 Å². The summed E-state index contributed by atoms with van der Waals surface area (Å²) in [5.41, 5.74) is 0.503. The van der Waals surface area contributed by atoms with E-state index in [4.69, 9.17) is 0 Å². The molecule has 0 aliphatic rings. The Bertz CT molecular complexity index is 1200. The maximum Gasteiger partial charge on any atom is 0.295 e. The highest BCUT2D eigenvalue weighted by molar-refractivity contribution is 7.86. The Morgan fingerprint density at radius 1 is 1.04 bits per heavy atom. The average Bonchev–Trinajstić information content (AvgIpc) is 2.60. The zero-order valence-corrected chi connectivity index (χ0v) is 14.7. The number of aryl methyl sites for hydroxylation is 1. The number of hydrogen-bond donors (Lipinski definition) is 2. The number of phenolic OH excluding ortho intramolecular Hbond substituents is 1. The van der Waals surface area contributed by atoms with Crippen LogP contribution >= 0.6 is 0 Å². The van der Waals surface area contributed by atoms with E-state index in [9.17, 15) is 28.2 Å². The highest BCUT2D eigenvalue weighted by Crippen LogP contribution is 2.40. The van der Waals surface area contributed by atoms with Crippen molar-refractivity contribution in [1.82, 2.24) is 0 Å². The molecule has 27 heavy (non-hydrogen) atoms. The Morgan fingerprint density at radius 2 is 1.70 bits per heavy atom. The van der Waals surface area contributed by atoms with Crippen LogP contribution in [0.25, 0.3) is 10.8 Å². The number of nitrogens with zero attached hydrogens (tertiary/aromatic N) is 3. The first-order chi connectivity index (χ1) is 12.7. The summed E-state index contributed by atoms with van der Waals surface area (Å²) in [6, 6.07) is 11.3. The first-order valence-electron chi connectivity index (χ1n) is 7.57. The molecular weight excluding hydrogens is 374 g/mol. The monoisotopic (exact) mass is 387 g/mol. The average molecular weight is 387 g/mol. The topological polar surface area (TPSA) is 142 Å². The predicted molar refractivity (Wildman–Crippen MR) is 97.4 cm³/mol. The Morgan fingerprint density at radius 3 is 2.33 bits per heavy atom. The van der Waals surface area contributed by atoms with Crippen molar-refractivity contribution in [2.24, 2.45) is 10.2 Å². The number of aromatic hydroxyl groups is 1. The molecule has 10 heteroatoms. The van der Waals surface area contributed by atoms with Gasteiger partial charge in [0.05, 0.1) is 10.6 Å². The molecule has 0 aromatic heterocycles. The molecule has 0 unspecified atom stereocenters. The number of rotatable bonds is 4. The summed E-state index contributed by atoms with van der Waals surface area (Å²) < 4.78 is 32.5. The van der Waals surface area contributed by atoms with Gasteiger partial charge in [-0.3, -0.25) is 14.7 Å². The molecule has 0 aliphatic carbocycles. The number of nitro benzene ring substituents is 1. The van der Waals surface area contributed by atoms with Gasteiger partial charge >= 0.3 is 0 Å². The lowest BCUT2D eigenvalue weighted by Gasteiger charge is -2.08. The second kappa shape index (κ2) is 6.74. The molecule has 0 spiro atoms. The van der Waals surface area contributed by atoms with E-state index in [0.717, 1.165) is 6.07 Å². The normalized spacial score (nSPS) is 11.9. The second-order valence-corrected chi connectivity index (χ2v) is 7.08. The van der Waals surface area contributed by atoms with E-state index in [2.05, 4.69) is 10.2 Å². The Hall–Kier alpha value is -3.37. The molecule has 0 radical (unpaired) electrons. The zero-order valence-electron chi connectivity index (χ0n) is 13.9. The third kappa shape index (κ3) is 3.61. The lowest BCUT2D eigenvalue weighted by Crippen LogP contribution is -1.99. The van der Waals surface area contributed by atoms with Gasteiger partial charge < -0.3 is 5.11 Å². The minimum Gasteiger partial charge on any atom is -0.506 e. The molecule has 0 aliphatic heterocycles. The summed E-state index contributed by atoms with van der Waals surface area (Å²) in [5.74, 6) is -0.508. The Kier molecular flexibility index (Phi) is 4.60. The van der Waals surface area contributed by atoms with Gasteiger partial charge in [-0.1, -0.05) is 30.3 Å². The van der Waals surface area contributed by atoms with Crippen LogP contribution in [-0.4, -0.2) is 23.0 Å². The van der Waals surface area contributed by atoms with Crippen LogP contribution in [0.5, 0.6) is 5.75 Å². The summed E-state index contributed by atoms with van der Waals surface area (Å²) in [6.07, 6.45) is 0. The van der Waals surface area contributed by atoms with Crippen molar-refractivity contribution in [3.63, 3.8) is 0 Å². The molecule has 3 aromatic carbocycles. The molecule has 9 nitrogen and oxygen atoms in total. The molecule has 2 N–H and O–H groups in total. The number of benzene rings is 3. The van der Waals surface area contributed by atoms with Crippen molar-refractivity contribution < 1.29 is 23.0 Å². The fraction of sp³-hybridized carbons (Fsp3) is 0.0588. The van der Waals surface area contributed by atoms with Crippen LogP contribution in [0.15, 0.2) is 63.7 Å². The van der Waals surface area contributed by atoms with Gasteiger partial charge in [-0.15, -0.1) is 5.11 Å². The van der Waals surface area contributed by atoms with E-state index in [0.29, 0.717) is 5.56 Å². The van der Waals surface area contributed by atoms with Crippen molar-refractivity contribution in [2.45, 2.75) is 11.8 Å². The van der Waals surface area contributed by atoms with Gasteiger partial charge in [0.2, 0.25) is 0 Å². The van der Waals surface area contributed by atoms with E-state index < -0.39 is 25.7 Å². The quantitative estimate of drug-likeness (QED) is 0.293. The van der Waals surface area contributed by atoms with Crippen molar-refractivity contribution in [1.29, 1.82) is 0 Å². The van der Waals surface area contributed by atoms with Gasteiger partial charge in [0.25, 0.3) is 15.8 Å². The van der Waals surface area contributed by atoms with Gasteiger partial charge in [-0.25, -0.2) is 0 Å². The van der Waals surface area contributed by atoms with Crippen LogP contribution in [0, 0.1) is 17.0 Å². The lowest BCUT2D eigenvalue weighted by molar-refractivity contribution is -0.385. The van der Waals surface area contributed by atoms with Crippen molar-refractivity contribution in [3.05, 3.63) is 64.2 Å². The number of azo groups is 1. The number of hydrogen-bond acceptors (Lipinski definition) is 7. The highest BCUT2D eigenvalue weighted by atomic mass is 32.2. The molecule has 0 atom stereocenters. The molecular formula is C17H13N3O6S. The third-order valence-electron chi connectivity index (χ3n) is 3.89. The van der Waals surface area contributed by atoms with Crippen LogP contribution in [0.4, 0.5) is 17.1 Å². The minimum absolute atomic E-state index is 0.0266. The smallest absolute Gasteiger partial charge is 0.295 e. The van der Waals surface area contributed by atoms with Gasteiger partial charge in [-0.05, 0) is 13.0 Å². The minimum atomic E-state index is -4.56. The predicted octanol–water partition coefficient (Wildman–Crippen LogP) is 4.42. The highest BCUT2D eigenvalue weighted by Gasteiger charge is 2.19. The third-order valence-corrected chi connectivity index (χ3v) is 4.78. The fourth-order valence-corrected chi connectivity index (χ4v) is 3.31. The number of fused-ring (bicyclic) bond motifs is 1. The van der Waals surface area contributed by atoms with Crippen LogP contribution in [0.1, 0.15) is 5.56 Å². The first kappa shape index (κ1) is 18.4. The van der Waals surface area contributed by atoms with E-state index in [-0.39, 0.29) is 27.8 Å². The van der Waals surface area contributed by atoms with E-state index in [1.807, 2.05) is 0 Å². The van der Waals surface area contributed by atoms with Gasteiger partial charge in [0.1, 0.15) is 16.3 Å². The summed E-state index contributed by atoms with van der Waals surface area (Å²) in [7, 11) is -4.56. The largest absolute Gasteiger partial charge is 0.506 e. The lowest BCUT2D eigenvalue weighted by atomic mass is 10.1. The van der Waals surface area contributed by atoms with Crippen LogP contribution < -0.4 is 0 Å². The molecule has 0 saturated heterocycles. The van der Waals surface area contributed by atoms with Crippen LogP contribution in [0.3, 0.4) is 0 Å². The summed E-state index contributed by atoms with van der Waals surface area (Å²) in [5, 5.41) is 29.4. The summed E-state index contributed by atoms with van der Waals surface area (Å²) >= 11 is 0. The molecule has 3 aromatic rings. The van der Waals surface area contributed by atoms with E-state index in [1.54, 1.807) is 19.1 Å². The molecule has 3 rings (SSSR count). The molecule has 0 saturated carbocycles. The summed E-state index contributed by atoms with van der Waals surface area (Å²) in [4.78, 5) is 10.0. The van der Waals surface area contributed by atoms with Crippen molar-refractivity contribution >= 4 is 38.0 Å². The van der Waals surface area contributed by atoms with E-state index >= 15 is 0 Å². The molecule has 0 bridgehead atoms. The standard InChI is InChI=1S/C17H13N3O6S/c1-10-6-7-11(8-14(10)20(22)23)18-19-17-13-5-3-2-4-12(13)16(9-15(17)21)27(24,25)26/h2-9,21H,1H3,(H,24,25,26). The number of nitro groups is 1. The maximum atomic E-state index is 11.5. The second-order valence-electron chi connectivity index (χ2n) is 5.69. The van der Waals surface area contributed by atoms with Crippen LogP contribution in [-0.2, 0) is 10.1 Å². The van der Waals surface area contributed by atoms with Crippen molar-refractivity contribution in [2.75, 3.05) is 0 Å². The van der Waals surface area contributed by atoms with Crippen LogP contribution in [0.2, 0.25) is 0 Å². The fourth-order valence-electron chi connectivity index (χ4n) is 2.60. The first-order valence-corrected chi connectivity index (χ1v) is 9.01.